The summed E-state index contributed by atoms with van der Waals surface area (Å²) in [5.74, 6) is -0.901. The lowest BCUT2D eigenvalue weighted by atomic mass is 10.1. The molecule has 0 amide bonds. The van der Waals surface area contributed by atoms with Gasteiger partial charge in [-0.1, -0.05) is 31.2 Å². The molecular formula is C22H17NO7S. The molecule has 0 fully saturated rings. The molecule has 8 nitrogen and oxygen atoms in total. The fraction of sp³-hybridized carbons (Fsp3) is 0.0909. The minimum atomic E-state index is -4.39. The molecule has 0 aromatic heterocycles. The smallest absolute Gasteiger partial charge is 0.344 e. The Morgan fingerprint density at radius 3 is 2.10 bits per heavy atom. The van der Waals surface area contributed by atoms with Crippen molar-refractivity contribution in [2.75, 3.05) is 0 Å². The minimum absolute atomic E-state index is 0.0706. The number of carbonyl (C=O) groups excluding carboxylic acids is 2. The molecule has 3 aromatic carbocycles. The van der Waals surface area contributed by atoms with E-state index in [1.54, 1.807) is 6.92 Å². The van der Waals surface area contributed by atoms with Gasteiger partial charge in [0, 0.05) is 18.1 Å². The highest BCUT2D eigenvalue weighted by atomic mass is 32.2. The SMILES string of the molecule is CCC(=O)c1ccc(OC(=O)c2ccccc2S(=O)(=O)c2ccccc2[N+](=O)[O-])cc1. The summed E-state index contributed by atoms with van der Waals surface area (Å²) in [6.07, 6.45) is 0.329. The second-order valence-electron chi connectivity index (χ2n) is 6.42. The first-order valence-corrected chi connectivity index (χ1v) is 10.7. The van der Waals surface area contributed by atoms with Crippen molar-refractivity contribution in [2.24, 2.45) is 0 Å². The molecule has 0 aliphatic rings. The predicted molar refractivity (Wildman–Crippen MR) is 111 cm³/mol. The molecule has 0 unspecified atom stereocenters. The monoisotopic (exact) mass is 439 g/mol. The molecule has 0 aliphatic carbocycles. The van der Waals surface area contributed by atoms with Gasteiger partial charge in [-0.25, -0.2) is 13.2 Å². The van der Waals surface area contributed by atoms with Crippen LogP contribution in [0.1, 0.15) is 34.1 Å². The van der Waals surface area contributed by atoms with Crippen LogP contribution in [0.2, 0.25) is 0 Å². The van der Waals surface area contributed by atoms with Crippen LogP contribution < -0.4 is 4.74 Å². The number of sulfone groups is 1. The van der Waals surface area contributed by atoms with E-state index in [1.807, 2.05) is 0 Å². The van der Waals surface area contributed by atoms with E-state index in [4.69, 9.17) is 4.74 Å². The van der Waals surface area contributed by atoms with Gasteiger partial charge >= 0.3 is 5.97 Å². The molecule has 31 heavy (non-hydrogen) atoms. The standard InChI is InChI=1S/C22H17NO7S/c1-2-19(24)15-11-13-16(14-12-15)30-22(25)17-7-3-5-9-20(17)31(28,29)21-10-6-4-8-18(21)23(26)27/h3-14H,2H2,1H3. The van der Waals surface area contributed by atoms with Crippen LogP contribution >= 0.6 is 0 Å². The van der Waals surface area contributed by atoms with Crippen LogP contribution in [0.15, 0.2) is 82.6 Å². The maximum absolute atomic E-state index is 13.1. The molecule has 3 rings (SSSR count). The number of hydrogen-bond acceptors (Lipinski definition) is 7. The summed E-state index contributed by atoms with van der Waals surface area (Å²) in [6.45, 7) is 1.73. The normalized spacial score (nSPS) is 11.0. The summed E-state index contributed by atoms with van der Waals surface area (Å²) in [4.78, 5) is 34.0. The molecule has 158 valence electrons. The van der Waals surface area contributed by atoms with Crippen molar-refractivity contribution in [1.82, 2.24) is 0 Å². The Morgan fingerprint density at radius 1 is 0.903 bits per heavy atom. The molecule has 3 aromatic rings. The van der Waals surface area contributed by atoms with Crippen LogP contribution in [-0.4, -0.2) is 25.1 Å². The fourth-order valence-electron chi connectivity index (χ4n) is 2.90. The average molecular weight is 439 g/mol. The van der Waals surface area contributed by atoms with E-state index in [9.17, 15) is 28.1 Å². The first-order chi connectivity index (χ1) is 14.8. The van der Waals surface area contributed by atoms with E-state index in [2.05, 4.69) is 0 Å². The molecule has 0 aliphatic heterocycles. The number of carbonyl (C=O) groups is 2. The quantitative estimate of drug-likeness (QED) is 0.177. The summed E-state index contributed by atoms with van der Waals surface area (Å²) in [6, 6.07) is 16.1. The lowest BCUT2D eigenvalue weighted by Gasteiger charge is -2.11. The summed E-state index contributed by atoms with van der Waals surface area (Å²) < 4.78 is 31.5. The van der Waals surface area contributed by atoms with Gasteiger partial charge in [-0.15, -0.1) is 0 Å². The minimum Gasteiger partial charge on any atom is -0.423 e. The molecule has 0 heterocycles. The largest absolute Gasteiger partial charge is 0.423 e. The Morgan fingerprint density at radius 2 is 1.48 bits per heavy atom. The van der Waals surface area contributed by atoms with Crippen LogP contribution in [0.3, 0.4) is 0 Å². The topological polar surface area (TPSA) is 121 Å². The molecule has 0 spiro atoms. The molecular weight excluding hydrogens is 422 g/mol. The highest BCUT2D eigenvalue weighted by molar-refractivity contribution is 7.91. The van der Waals surface area contributed by atoms with E-state index >= 15 is 0 Å². The van der Waals surface area contributed by atoms with Crippen molar-refractivity contribution in [1.29, 1.82) is 0 Å². The van der Waals surface area contributed by atoms with Gasteiger partial charge in [-0.2, -0.15) is 0 Å². The van der Waals surface area contributed by atoms with Gasteiger partial charge < -0.3 is 4.74 Å². The maximum atomic E-state index is 13.1. The predicted octanol–water partition coefficient (Wildman–Crippen LogP) is 4.24. The number of para-hydroxylation sites is 1. The molecule has 0 saturated heterocycles. The van der Waals surface area contributed by atoms with Gasteiger partial charge in [0.1, 0.15) is 10.6 Å². The number of nitro benzene ring substituents is 1. The van der Waals surface area contributed by atoms with E-state index < -0.39 is 36.2 Å². The molecule has 0 saturated carbocycles. The molecule has 9 heteroatoms. The second-order valence-corrected chi connectivity index (χ2v) is 8.30. The number of Topliss-reactive ketones (excluding diaryl/α,β-unsaturated/α-hetero) is 1. The van der Waals surface area contributed by atoms with Gasteiger partial charge in [0.25, 0.3) is 5.69 Å². The van der Waals surface area contributed by atoms with Crippen molar-refractivity contribution in [3.8, 4) is 5.75 Å². The third-order valence-electron chi connectivity index (χ3n) is 4.46. The second kappa shape index (κ2) is 8.88. The Labute approximate surface area is 178 Å². The van der Waals surface area contributed by atoms with Crippen LogP contribution in [0.4, 0.5) is 5.69 Å². The van der Waals surface area contributed by atoms with Crippen LogP contribution in [0.25, 0.3) is 0 Å². The van der Waals surface area contributed by atoms with Gasteiger partial charge in [-0.05, 0) is 42.5 Å². The zero-order valence-corrected chi connectivity index (χ0v) is 17.2. The Hall–Kier alpha value is -3.85. The lowest BCUT2D eigenvalue weighted by molar-refractivity contribution is -0.387. The first kappa shape index (κ1) is 21.8. The number of nitro groups is 1. The van der Waals surface area contributed by atoms with Crippen molar-refractivity contribution >= 4 is 27.3 Å². The van der Waals surface area contributed by atoms with E-state index in [1.165, 1.54) is 60.7 Å². The van der Waals surface area contributed by atoms with Crippen molar-refractivity contribution in [3.63, 3.8) is 0 Å². The van der Waals surface area contributed by atoms with Crippen molar-refractivity contribution < 1.29 is 27.7 Å². The van der Waals surface area contributed by atoms with Crippen LogP contribution in [-0.2, 0) is 9.84 Å². The van der Waals surface area contributed by atoms with Crippen molar-refractivity contribution in [2.45, 2.75) is 23.1 Å². The Kier molecular flexibility index (Phi) is 6.26. The Bertz CT molecular complexity index is 1270. The van der Waals surface area contributed by atoms with Gasteiger partial charge in [0.2, 0.25) is 9.84 Å². The van der Waals surface area contributed by atoms with Gasteiger partial charge in [-0.3, -0.25) is 14.9 Å². The third kappa shape index (κ3) is 4.51. The van der Waals surface area contributed by atoms with Crippen molar-refractivity contribution in [3.05, 3.63) is 94.0 Å². The number of esters is 1. The Balaban J connectivity index is 1.98. The van der Waals surface area contributed by atoms with Gasteiger partial charge in [0.05, 0.1) is 15.4 Å². The zero-order chi connectivity index (χ0) is 22.6. The molecule has 0 bridgehead atoms. The molecule has 0 N–H and O–H groups in total. The number of hydrogen-bond donors (Lipinski definition) is 0. The van der Waals surface area contributed by atoms with Crippen LogP contribution in [0, 0.1) is 10.1 Å². The van der Waals surface area contributed by atoms with E-state index in [0.717, 1.165) is 12.1 Å². The summed E-state index contributed by atoms with van der Waals surface area (Å²) in [5.41, 5.74) is -0.405. The number of benzene rings is 3. The average Bonchev–Trinajstić information content (AvgIpc) is 2.79. The number of ether oxygens (including phenoxy) is 1. The number of rotatable bonds is 7. The number of nitrogens with zero attached hydrogens (tertiary/aromatic N) is 1. The number of ketones is 1. The maximum Gasteiger partial charge on any atom is 0.344 e. The lowest BCUT2D eigenvalue weighted by Crippen LogP contribution is -2.15. The zero-order valence-electron chi connectivity index (χ0n) is 16.3. The van der Waals surface area contributed by atoms with E-state index in [-0.39, 0.29) is 17.1 Å². The summed E-state index contributed by atoms with van der Waals surface area (Å²) >= 11 is 0. The third-order valence-corrected chi connectivity index (χ3v) is 6.32. The highest BCUT2D eigenvalue weighted by Gasteiger charge is 2.31. The summed E-state index contributed by atoms with van der Waals surface area (Å²) in [5, 5.41) is 11.3. The first-order valence-electron chi connectivity index (χ1n) is 9.18. The summed E-state index contributed by atoms with van der Waals surface area (Å²) in [7, 11) is -4.39. The van der Waals surface area contributed by atoms with Crippen LogP contribution in [0.5, 0.6) is 5.75 Å². The van der Waals surface area contributed by atoms with E-state index in [0.29, 0.717) is 12.0 Å². The molecule has 0 atom stereocenters. The highest BCUT2D eigenvalue weighted by Crippen LogP contribution is 2.31. The molecule has 0 radical (unpaired) electrons. The fourth-order valence-corrected chi connectivity index (χ4v) is 4.51. The van der Waals surface area contributed by atoms with Gasteiger partial charge in [0.15, 0.2) is 5.78 Å².